The Morgan fingerprint density at radius 1 is 1.16 bits per heavy atom. The number of carbonyl (C=O) groups is 1. The molecule has 6 heteroatoms. The van der Waals surface area contributed by atoms with E-state index in [9.17, 15) is 4.79 Å². The number of nitrogens with one attached hydrogen (secondary N) is 1. The molecule has 1 amide bonds. The van der Waals surface area contributed by atoms with Gasteiger partial charge in [0.05, 0.1) is 19.4 Å². The Morgan fingerprint density at radius 3 is 2.56 bits per heavy atom. The normalized spacial score (nSPS) is 15.4. The predicted molar refractivity (Wildman–Crippen MR) is 102 cm³/mol. The predicted octanol–water partition coefficient (Wildman–Crippen LogP) is 3.36. The van der Waals surface area contributed by atoms with Gasteiger partial charge in [-0.25, -0.2) is 4.90 Å². The molecule has 1 heterocycles. The topological polar surface area (TPSA) is 50.8 Å². The van der Waals surface area contributed by atoms with Crippen LogP contribution < -0.4 is 19.7 Å². The van der Waals surface area contributed by atoms with Gasteiger partial charge in [-0.3, -0.25) is 4.79 Å². The van der Waals surface area contributed by atoms with Crippen LogP contribution in [0.3, 0.4) is 0 Å². The fourth-order valence-electron chi connectivity index (χ4n) is 2.56. The Balaban J connectivity index is 1.88. The largest absolute Gasteiger partial charge is 0.495 e. The molecule has 2 aromatic rings. The van der Waals surface area contributed by atoms with Crippen LogP contribution in [0.25, 0.3) is 6.08 Å². The van der Waals surface area contributed by atoms with Gasteiger partial charge >= 0.3 is 0 Å². The number of thiocarbonyl (C=S) groups is 1. The first-order valence-corrected chi connectivity index (χ1v) is 8.28. The van der Waals surface area contributed by atoms with Crippen molar-refractivity contribution in [2.75, 3.05) is 18.6 Å². The lowest BCUT2D eigenvalue weighted by Gasteiger charge is -2.17. The van der Waals surface area contributed by atoms with Crippen LogP contribution in [-0.2, 0) is 4.79 Å². The molecule has 5 nitrogen and oxygen atoms in total. The minimum Gasteiger partial charge on any atom is -0.495 e. The standard InChI is InChI=1S/C19H18N2O3S/c1-3-24-14-10-8-13(9-11-14)12-15-18(22)21(19(25)20-15)16-6-4-5-7-17(16)23-2/h4-12H,3H2,1-2H3,(H,20,25)/b15-12+. The molecule has 0 radical (unpaired) electrons. The molecule has 3 rings (SSSR count). The number of carbonyl (C=O) groups excluding carboxylic acids is 1. The zero-order valence-electron chi connectivity index (χ0n) is 14.0. The molecule has 0 aromatic heterocycles. The molecule has 0 spiro atoms. The number of para-hydroxylation sites is 2. The van der Waals surface area contributed by atoms with Gasteiger partial charge in [0.15, 0.2) is 5.11 Å². The van der Waals surface area contributed by atoms with Gasteiger partial charge in [0.25, 0.3) is 5.91 Å². The monoisotopic (exact) mass is 354 g/mol. The number of hydrogen-bond donors (Lipinski definition) is 1. The fourth-order valence-corrected chi connectivity index (χ4v) is 2.85. The Bertz CT molecular complexity index is 831. The van der Waals surface area contributed by atoms with E-state index < -0.39 is 0 Å². The van der Waals surface area contributed by atoms with Gasteiger partial charge in [0.1, 0.15) is 17.2 Å². The summed E-state index contributed by atoms with van der Waals surface area (Å²) in [6, 6.07) is 14.8. The van der Waals surface area contributed by atoms with E-state index >= 15 is 0 Å². The Morgan fingerprint density at radius 2 is 1.88 bits per heavy atom. The van der Waals surface area contributed by atoms with Gasteiger partial charge in [0.2, 0.25) is 0 Å². The summed E-state index contributed by atoms with van der Waals surface area (Å²) in [4.78, 5) is 14.2. The highest BCUT2D eigenvalue weighted by atomic mass is 32.1. The molecule has 0 atom stereocenters. The molecule has 0 saturated carbocycles. The van der Waals surface area contributed by atoms with E-state index in [-0.39, 0.29) is 5.91 Å². The van der Waals surface area contributed by atoms with Gasteiger partial charge in [-0.05, 0) is 55.0 Å². The molecular weight excluding hydrogens is 336 g/mol. The molecule has 25 heavy (non-hydrogen) atoms. The third kappa shape index (κ3) is 3.49. The number of benzene rings is 2. The lowest BCUT2D eigenvalue weighted by Crippen LogP contribution is -2.30. The molecule has 1 aliphatic heterocycles. The number of ether oxygens (including phenoxy) is 2. The van der Waals surface area contributed by atoms with Crippen molar-refractivity contribution in [3.8, 4) is 11.5 Å². The second kappa shape index (κ2) is 7.36. The molecule has 0 aliphatic carbocycles. The molecule has 1 N–H and O–H groups in total. The summed E-state index contributed by atoms with van der Waals surface area (Å²) < 4.78 is 10.8. The Kier molecular flexibility index (Phi) is 5.00. The maximum atomic E-state index is 12.8. The molecule has 1 aliphatic rings. The number of anilines is 1. The van der Waals surface area contributed by atoms with Crippen LogP contribution in [0, 0.1) is 0 Å². The number of hydrogen-bond acceptors (Lipinski definition) is 4. The number of rotatable bonds is 5. The highest BCUT2D eigenvalue weighted by Crippen LogP contribution is 2.31. The zero-order valence-corrected chi connectivity index (χ0v) is 14.8. The van der Waals surface area contributed by atoms with Crippen LogP contribution >= 0.6 is 12.2 Å². The number of methoxy groups -OCH3 is 1. The molecule has 0 bridgehead atoms. The minimum atomic E-state index is -0.219. The van der Waals surface area contributed by atoms with Crippen LogP contribution in [-0.4, -0.2) is 24.7 Å². The number of amides is 1. The maximum Gasteiger partial charge on any atom is 0.281 e. The van der Waals surface area contributed by atoms with Crippen LogP contribution in [0.15, 0.2) is 54.2 Å². The van der Waals surface area contributed by atoms with Gasteiger partial charge in [-0.15, -0.1) is 0 Å². The highest BCUT2D eigenvalue weighted by Gasteiger charge is 2.33. The zero-order chi connectivity index (χ0) is 17.8. The third-order valence-electron chi connectivity index (χ3n) is 3.71. The molecule has 128 valence electrons. The van der Waals surface area contributed by atoms with Crippen molar-refractivity contribution in [2.45, 2.75) is 6.92 Å². The van der Waals surface area contributed by atoms with Gasteiger partial charge in [-0.2, -0.15) is 0 Å². The SMILES string of the molecule is CCOc1ccc(/C=C2/NC(=S)N(c3ccccc3OC)C2=O)cc1. The van der Waals surface area contributed by atoms with E-state index in [1.807, 2.05) is 43.3 Å². The van der Waals surface area contributed by atoms with E-state index in [0.29, 0.717) is 28.9 Å². The summed E-state index contributed by atoms with van der Waals surface area (Å²) in [5.41, 5.74) is 1.91. The van der Waals surface area contributed by atoms with E-state index in [0.717, 1.165) is 11.3 Å². The molecule has 1 saturated heterocycles. The smallest absolute Gasteiger partial charge is 0.281 e. The molecule has 2 aromatic carbocycles. The first-order chi connectivity index (χ1) is 12.1. The van der Waals surface area contributed by atoms with Crippen molar-refractivity contribution in [2.24, 2.45) is 0 Å². The number of nitrogens with zero attached hydrogens (tertiary/aromatic N) is 1. The van der Waals surface area contributed by atoms with Crippen molar-refractivity contribution in [3.05, 3.63) is 59.8 Å². The van der Waals surface area contributed by atoms with Crippen molar-refractivity contribution in [1.82, 2.24) is 5.32 Å². The maximum absolute atomic E-state index is 12.8. The van der Waals surface area contributed by atoms with Crippen molar-refractivity contribution in [3.63, 3.8) is 0 Å². The summed E-state index contributed by atoms with van der Waals surface area (Å²) in [7, 11) is 1.56. The molecule has 1 fully saturated rings. The summed E-state index contributed by atoms with van der Waals surface area (Å²) in [5, 5.41) is 3.30. The average molecular weight is 354 g/mol. The van der Waals surface area contributed by atoms with E-state index in [1.165, 1.54) is 4.90 Å². The van der Waals surface area contributed by atoms with Crippen LogP contribution in [0.1, 0.15) is 12.5 Å². The summed E-state index contributed by atoms with van der Waals surface area (Å²) >= 11 is 5.33. The lowest BCUT2D eigenvalue weighted by molar-refractivity contribution is -0.113. The molecule has 0 unspecified atom stereocenters. The first-order valence-electron chi connectivity index (χ1n) is 7.87. The van der Waals surface area contributed by atoms with Gasteiger partial charge in [0, 0.05) is 0 Å². The van der Waals surface area contributed by atoms with E-state index in [2.05, 4.69) is 5.32 Å². The first kappa shape index (κ1) is 17.0. The van der Waals surface area contributed by atoms with Crippen molar-refractivity contribution >= 4 is 35.0 Å². The van der Waals surface area contributed by atoms with Gasteiger partial charge < -0.3 is 14.8 Å². The minimum absolute atomic E-state index is 0.219. The van der Waals surface area contributed by atoms with Crippen molar-refractivity contribution in [1.29, 1.82) is 0 Å². The second-order valence-electron chi connectivity index (χ2n) is 5.30. The van der Waals surface area contributed by atoms with Crippen molar-refractivity contribution < 1.29 is 14.3 Å². The fraction of sp³-hybridized carbons (Fsp3) is 0.158. The highest BCUT2D eigenvalue weighted by molar-refractivity contribution is 7.80. The summed E-state index contributed by atoms with van der Waals surface area (Å²) in [5.74, 6) is 1.16. The summed E-state index contributed by atoms with van der Waals surface area (Å²) in [6.07, 6.45) is 1.76. The Hall–Kier alpha value is -2.86. The second-order valence-corrected chi connectivity index (χ2v) is 5.69. The van der Waals surface area contributed by atoms with E-state index in [4.69, 9.17) is 21.7 Å². The molecular formula is C19H18N2O3S. The lowest BCUT2D eigenvalue weighted by atomic mass is 10.2. The van der Waals surface area contributed by atoms with Gasteiger partial charge in [-0.1, -0.05) is 24.3 Å². The van der Waals surface area contributed by atoms with E-state index in [1.54, 1.807) is 25.3 Å². The average Bonchev–Trinajstić information content (AvgIpc) is 2.90. The summed E-state index contributed by atoms with van der Waals surface area (Å²) in [6.45, 7) is 2.55. The quantitative estimate of drug-likeness (QED) is 0.659. The van der Waals surface area contributed by atoms with Crippen LogP contribution in [0.2, 0.25) is 0 Å². The Labute approximate surface area is 151 Å². The van der Waals surface area contributed by atoms with Crippen LogP contribution in [0.4, 0.5) is 5.69 Å². The van der Waals surface area contributed by atoms with Crippen LogP contribution in [0.5, 0.6) is 11.5 Å². The third-order valence-corrected chi connectivity index (χ3v) is 3.99.